The van der Waals surface area contributed by atoms with E-state index in [1.165, 1.54) is 36.1 Å². The van der Waals surface area contributed by atoms with Gasteiger partial charge in [-0.15, -0.1) is 0 Å². The van der Waals surface area contributed by atoms with Crippen LogP contribution in [0.2, 0.25) is 0 Å². The molecule has 2 heterocycles. The monoisotopic (exact) mass is 387 g/mol. The number of rotatable bonds is 6. The summed E-state index contributed by atoms with van der Waals surface area (Å²) in [6.45, 7) is 6.69. The maximum Gasteiger partial charge on any atom is 0.237 e. The lowest BCUT2D eigenvalue weighted by Crippen LogP contribution is -2.56. The van der Waals surface area contributed by atoms with E-state index < -0.39 is 6.04 Å². The first-order valence-corrected chi connectivity index (χ1v) is 10.4. The van der Waals surface area contributed by atoms with Crippen molar-refractivity contribution in [2.75, 3.05) is 26.7 Å². The highest BCUT2D eigenvalue weighted by atomic mass is 16.2. The standard InChI is InChI=1S/C21H33N5O2/c1-15(2)9-11-26-12-10-22-21(28)19(26)13-20(27)25(3)14-18-16-7-5-4-6-8-17(16)23-24-18/h9,19H,4-8,10-14H2,1-3H3,(H,22,28)(H,23,24)/t19-/m0/s1. The molecule has 154 valence electrons. The SMILES string of the molecule is CC(C)=CCN1CCNC(=O)[C@@H]1CC(=O)N(C)Cc1n[nH]c2c1CCCCC2. The van der Waals surface area contributed by atoms with Crippen molar-refractivity contribution in [3.8, 4) is 0 Å². The van der Waals surface area contributed by atoms with E-state index in [9.17, 15) is 9.59 Å². The molecule has 3 rings (SSSR count). The van der Waals surface area contributed by atoms with Crippen LogP contribution in [0, 0.1) is 0 Å². The summed E-state index contributed by atoms with van der Waals surface area (Å²) in [6.07, 6.45) is 8.01. The number of piperazine rings is 1. The van der Waals surface area contributed by atoms with Gasteiger partial charge in [0.2, 0.25) is 11.8 Å². The molecule has 0 spiro atoms. The van der Waals surface area contributed by atoms with Crippen LogP contribution in [0.25, 0.3) is 0 Å². The van der Waals surface area contributed by atoms with Gasteiger partial charge in [-0.3, -0.25) is 19.6 Å². The predicted octanol–water partition coefficient (Wildman–Crippen LogP) is 1.79. The summed E-state index contributed by atoms with van der Waals surface area (Å²) in [7, 11) is 1.81. The molecule has 2 N–H and O–H groups in total. The number of aromatic amines is 1. The van der Waals surface area contributed by atoms with Crippen LogP contribution < -0.4 is 5.32 Å². The highest BCUT2D eigenvalue weighted by molar-refractivity contribution is 5.88. The van der Waals surface area contributed by atoms with Crippen LogP contribution in [-0.2, 0) is 29.0 Å². The van der Waals surface area contributed by atoms with Crippen molar-refractivity contribution in [1.29, 1.82) is 0 Å². The molecule has 1 saturated heterocycles. The van der Waals surface area contributed by atoms with E-state index >= 15 is 0 Å². The van der Waals surface area contributed by atoms with Crippen LogP contribution >= 0.6 is 0 Å². The fourth-order valence-electron chi connectivity index (χ4n) is 3.99. The van der Waals surface area contributed by atoms with Gasteiger partial charge in [0.05, 0.1) is 24.7 Å². The maximum atomic E-state index is 12.9. The second-order valence-corrected chi connectivity index (χ2v) is 8.23. The van der Waals surface area contributed by atoms with Crippen molar-refractivity contribution in [2.45, 2.75) is 65.0 Å². The van der Waals surface area contributed by atoms with E-state index in [0.29, 0.717) is 19.6 Å². The quantitative estimate of drug-likeness (QED) is 0.576. The van der Waals surface area contributed by atoms with Gasteiger partial charge >= 0.3 is 0 Å². The van der Waals surface area contributed by atoms with Crippen molar-refractivity contribution in [3.63, 3.8) is 0 Å². The van der Waals surface area contributed by atoms with Gasteiger partial charge in [0.1, 0.15) is 0 Å². The Labute approximate surface area is 167 Å². The third-order valence-electron chi connectivity index (χ3n) is 5.75. The lowest BCUT2D eigenvalue weighted by Gasteiger charge is -2.34. The highest BCUT2D eigenvalue weighted by Crippen LogP contribution is 2.22. The van der Waals surface area contributed by atoms with Crippen LogP contribution in [-0.4, -0.2) is 64.5 Å². The molecule has 0 saturated carbocycles. The molecular formula is C21H33N5O2. The largest absolute Gasteiger partial charge is 0.353 e. The van der Waals surface area contributed by atoms with E-state index in [1.807, 2.05) is 13.8 Å². The molecule has 28 heavy (non-hydrogen) atoms. The van der Waals surface area contributed by atoms with E-state index in [1.54, 1.807) is 11.9 Å². The predicted molar refractivity (Wildman–Crippen MR) is 109 cm³/mol. The van der Waals surface area contributed by atoms with Crippen LogP contribution in [0.3, 0.4) is 0 Å². The summed E-state index contributed by atoms with van der Waals surface area (Å²) >= 11 is 0. The Bertz CT molecular complexity index is 735. The van der Waals surface area contributed by atoms with Crippen molar-refractivity contribution in [2.24, 2.45) is 0 Å². The molecule has 1 aromatic rings. The molecular weight excluding hydrogens is 354 g/mol. The minimum Gasteiger partial charge on any atom is -0.353 e. The Morgan fingerprint density at radius 2 is 2.07 bits per heavy atom. The van der Waals surface area contributed by atoms with Crippen molar-refractivity contribution >= 4 is 11.8 Å². The fourth-order valence-corrected chi connectivity index (χ4v) is 3.99. The number of hydrogen-bond acceptors (Lipinski definition) is 4. The first-order chi connectivity index (χ1) is 13.5. The van der Waals surface area contributed by atoms with Crippen molar-refractivity contribution < 1.29 is 9.59 Å². The number of allylic oxidation sites excluding steroid dienone is 1. The highest BCUT2D eigenvalue weighted by Gasteiger charge is 2.32. The number of nitrogens with zero attached hydrogens (tertiary/aromatic N) is 3. The van der Waals surface area contributed by atoms with E-state index in [0.717, 1.165) is 25.1 Å². The summed E-state index contributed by atoms with van der Waals surface area (Å²) in [4.78, 5) is 29.1. The number of hydrogen-bond donors (Lipinski definition) is 2. The van der Waals surface area contributed by atoms with Gasteiger partial charge in [-0.2, -0.15) is 5.10 Å². The molecule has 1 fully saturated rings. The van der Waals surface area contributed by atoms with Crippen LogP contribution in [0.5, 0.6) is 0 Å². The molecule has 1 aromatic heterocycles. The minimum atomic E-state index is -0.407. The molecule has 7 nitrogen and oxygen atoms in total. The second kappa shape index (κ2) is 9.37. The molecule has 1 aliphatic heterocycles. The number of amides is 2. The number of carbonyl (C=O) groups is 2. The molecule has 1 atom stereocenters. The zero-order chi connectivity index (χ0) is 20.1. The number of carbonyl (C=O) groups excluding carboxylic acids is 2. The summed E-state index contributed by atoms with van der Waals surface area (Å²) in [6, 6.07) is -0.407. The third-order valence-corrected chi connectivity index (χ3v) is 5.75. The lowest BCUT2D eigenvalue weighted by atomic mass is 10.1. The van der Waals surface area contributed by atoms with Gasteiger partial charge in [-0.1, -0.05) is 18.1 Å². The van der Waals surface area contributed by atoms with Crippen molar-refractivity contribution in [3.05, 3.63) is 28.6 Å². The Morgan fingerprint density at radius 1 is 1.29 bits per heavy atom. The summed E-state index contributed by atoms with van der Waals surface area (Å²) in [5, 5.41) is 10.5. The Hall–Kier alpha value is -2.15. The number of aryl methyl sites for hydroxylation is 1. The van der Waals surface area contributed by atoms with Crippen molar-refractivity contribution in [1.82, 2.24) is 25.3 Å². The average Bonchev–Trinajstić information content (AvgIpc) is 2.88. The lowest BCUT2D eigenvalue weighted by molar-refractivity contribution is -0.138. The summed E-state index contributed by atoms with van der Waals surface area (Å²) in [5.41, 5.74) is 4.71. The van der Waals surface area contributed by atoms with Gasteiger partial charge in [-0.05, 0) is 45.1 Å². The number of H-pyrrole nitrogens is 1. The molecule has 2 aliphatic rings. The molecule has 0 radical (unpaired) electrons. The van der Waals surface area contributed by atoms with E-state index in [4.69, 9.17) is 0 Å². The van der Waals surface area contributed by atoms with Gasteiger partial charge < -0.3 is 10.2 Å². The summed E-state index contributed by atoms with van der Waals surface area (Å²) < 4.78 is 0. The van der Waals surface area contributed by atoms with E-state index in [2.05, 4.69) is 26.5 Å². The molecule has 0 unspecified atom stereocenters. The molecule has 2 amide bonds. The number of aromatic nitrogens is 2. The Kier molecular flexibility index (Phi) is 6.88. The van der Waals surface area contributed by atoms with Crippen LogP contribution in [0.15, 0.2) is 11.6 Å². The number of nitrogens with one attached hydrogen (secondary N) is 2. The zero-order valence-electron chi connectivity index (χ0n) is 17.4. The average molecular weight is 388 g/mol. The fraction of sp³-hybridized carbons (Fsp3) is 0.667. The topological polar surface area (TPSA) is 81.3 Å². The van der Waals surface area contributed by atoms with Crippen LogP contribution in [0.4, 0.5) is 0 Å². The first kappa shape index (κ1) is 20.6. The minimum absolute atomic E-state index is 0.0189. The van der Waals surface area contributed by atoms with Gasteiger partial charge in [0.25, 0.3) is 0 Å². The molecule has 0 bridgehead atoms. The molecule has 1 aliphatic carbocycles. The summed E-state index contributed by atoms with van der Waals surface area (Å²) in [5.74, 6) is -0.0709. The van der Waals surface area contributed by atoms with Gasteiger partial charge in [-0.25, -0.2) is 0 Å². The smallest absolute Gasteiger partial charge is 0.237 e. The second-order valence-electron chi connectivity index (χ2n) is 8.23. The van der Waals surface area contributed by atoms with Gasteiger partial charge in [0.15, 0.2) is 0 Å². The van der Waals surface area contributed by atoms with E-state index in [-0.39, 0.29) is 18.2 Å². The Balaban J connectivity index is 1.63. The normalized spacial score (nSPS) is 20.1. The number of fused-ring (bicyclic) bond motifs is 1. The first-order valence-electron chi connectivity index (χ1n) is 10.4. The van der Waals surface area contributed by atoms with Gasteiger partial charge in [0, 0.05) is 32.4 Å². The maximum absolute atomic E-state index is 12.9. The molecule has 7 heteroatoms. The zero-order valence-corrected chi connectivity index (χ0v) is 17.4. The third kappa shape index (κ3) is 5.01. The molecule has 0 aromatic carbocycles. The Morgan fingerprint density at radius 3 is 2.86 bits per heavy atom. The van der Waals surface area contributed by atoms with Crippen LogP contribution in [0.1, 0.15) is 56.5 Å².